The number of carbonyl (C=O) groups is 4. The van der Waals surface area contributed by atoms with E-state index in [1.165, 1.54) is 0 Å². The highest BCUT2D eigenvalue weighted by molar-refractivity contribution is 6.03. The molecule has 162 valence electrons. The lowest BCUT2D eigenvalue weighted by atomic mass is 9.79. The van der Waals surface area contributed by atoms with Crippen LogP contribution in [0.15, 0.2) is 0 Å². The van der Waals surface area contributed by atoms with Gasteiger partial charge in [-0.2, -0.15) is 0 Å². The normalized spacial score (nSPS) is 10.9. The van der Waals surface area contributed by atoms with E-state index in [9.17, 15) is 19.2 Å². The van der Waals surface area contributed by atoms with Crippen LogP contribution in [0.2, 0.25) is 0 Å². The number of esters is 4. The molecule has 0 N–H and O–H groups in total. The van der Waals surface area contributed by atoms with Crippen molar-refractivity contribution in [2.24, 2.45) is 5.41 Å². The second kappa shape index (κ2) is 14.9. The highest BCUT2D eigenvalue weighted by atomic mass is 16.6. The van der Waals surface area contributed by atoms with E-state index in [1.807, 2.05) is 27.7 Å². The molecule has 0 aliphatic rings. The van der Waals surface area contributed by atoms with Gasteiger partial charge in [0.2, 0.25) is 0 Å². The summed E-state index contributed by atoms with van der Waals surface area (Å²) in [5.74, 6) is -3.04. The lowest BCUT2D eigenvalue weighted by Crippen LogP contribution is -2.45. The van der Waals surface area contributed by atoms with Gasteiger partial charge in [-0.3, -0.25) is 19.2 Å². The molecule has 0 fully saturated rings. The molecule has 0 aliphatic carbocycles. The first-order chi connectivity index (χ1) is 13.4. The fourth-order valence-electron chi connectivity index (χ4n) is 2.30. The minimum atomic E-state index is -1.93. The van der Waals surface area contributed by atoms with Crippen molar-refractivity contribution in [2.75, 3.05) is 26.4 Å². The van der Waals surface area contributed by atoms with Gasteiger partial charge in [0, 0.05) is 6.42 Å². The molecule has 0 spiro atoms. The van der Waals surface area contributed by atoms with Gasteiger partial charge in [0.05, 0.1) is 32.8 Å². The summed E-state index contributed by atoms with van der Waals surface area (Å²) < 4.78 is 20.4. The number of carbonyl (C=O) groups excluding carboxylic acids is 4. The summed E-state index contributed by atoms with van der Waals surface area (Å²) in [6.45, 7) is 7.88. The highest BCUT2D eigenvalue weighted by Gasteiger charge is 2.51. The lowest BCUT2D eigenvalue weighted by Gasteiger charge is -2.28. The molecule has 0 saturated carbocycles. The fourth-order valence-corrected chi connectivity index (χ4v) is 2.30. The van der Waals surface area contributed by atoms with E-state index in [0.717, 1.165) is 0 Å². The Bertz CT molecular complexity index is 480. The zero-order valence-electron chi connectivity index (χ0n) is 17.5. The van der Waals surface area contributed by atoms with Gasteiger partial charge < -0.3 is 18.9 Å². The number of hydrogen-bond donors (Lipinski definition) is 0. The molecular formula is C20H34O8. The molecule has 0 aromatic rings. The molecular weight excluding hydrogens is 368 g/mol. The first kappa shape index (κ1) is 25.9. The third-order valence-electron chi connectivity index (χ3n) is 3.79. The van der Waals surface area contributed by atoms with Crippen LogP contribution in [-0.2, 0) is 38.1 Å². The van der Waals surface area contributed by atoms with Crippen molar-refractivity contribution in [1.82, 2.24) is 0 Å². The summed E-state index contributed by atoms with van der Waals surface area (Å²) in [5, 5.41) is 0. The predicted molar refractivity (Wildman–Crippen MR) is 101 cm³/mol. The third kappa shape index (κ3) is 9.19. The van der Waals surface area contributed by atoms with Gasteiger partial charge >= 0.3 is 23.9 Å². The minimum absolute atomic E-state index is 0.0892. The van der Waals surface area contributed by atoms with Gasteiger partial charge in [-0.1, -0.05) is 27.7 Å². The van der Waals surface area contributed by atoms with Crippen LogP contribution in [0, 0.1) is 5.41 Å². The summed E-state index contributed by atoms with van der Waals surface area (Å²) in [6, 6.07) is 0. The molecule has 0 amide bonds. The average Bonchev–Trinajstić information content (AvgIpc) is 2.69. The van der Waals surface area contributed by atoms with Crippen LogP contribution in [0.1, 0.15) is 72.6 Å². The van der Waals surface area contributed by atoms with Crippen molar-refractivity contribution < 1.29 is 38.1 Å². The monoisotopic (exact) mass is 402 g/mol. The van der Waals surface area contributed by atoms with E-state index in [0.29, 0.717) is 25.7 Å². The van der Waals surface area contributed by atoms with E-state index in [1.54, 1.807) is 0 Å². The zero-order chi connectivity index (χ0) is 21.4. The second-order valence-corrected chi connectivity index (χ2v) is 6.47. The molecule has 0 heterocycles. The lowest BCUT2D eigenvalue weighted by molar-refractivity contribution is -0.178. The van der Waals surface area contributed by atoms with Gasteiger partial charge in [-0.15, -0.1) is 0 Å². The van der Waals surface area contributed by atoms with E-state index < -0.39 is 35.7 Å². The van der Waals surface area contributed by atoms with Crippen molar-refractivity contribution in [3.8, 4) is 0 Å². The molecule has 0 unspecified atom stereocenters. The molecule has 0 aliphatic heterocycles. The summed E-state index contributed by atoms with van der Waals surface area (Å²) in [7, 11) is 0. The van der Waals surface area contributed by atoms with Crippen LogP contribution in [0.25, 0.3) is 0 Å². The largest absolute Gasteiger partial charge is 0.466 e. The molecule has 0 bridgehead atoms. The van der Waals surface area contributed by atoms with Crippen LogP contribution in [0.4, 0.5) is 0 Å². The van der Waals surface area contributed by atoms with Crippen molar-refractivity contribution >= 4 is 23.9 Å². The Morgan fingerprint density at radius 3 is 1.43 bits per heavy atom. The van der Waals surface area contributed by atoms with Crippen molar-refractivity contribution in [1.29, 1.82) is 0 Å². The number of ether oxygens (including phenoxy) is 4. The molecule has 8 nitrogen and oxygen atoms in total. The number of rotatable bonds is 15. The Labute approximate surface area is 167 Å². The van der Waals surface area contributed by atoms with Crippen LogP contribution in [-0.4, -0.2) is 50.3 Å². The van der Waals surface area contributed by atoms with E-state index in [-0.39, 0.29) is 39.3 Å². The van der Waals surface area contributed by atoms with Gasteiger partial charge in [-0.05, 0) is 32.1 Å². The Morgan fingerprint density at radius 2 is 1.00 bits per heavy atom. The van der Waals surface area contributed by atoms with Crippen LogP contribution in [0.5, 0.6) is 0 Å². The topological polar surface area (TPSA) is 105 Å². The van der Waals surface area contributed by atoms with Crippen LogP contribution < -0.4 is 0 Å². The molecule has 0 saturated heterocycles. The average molecular weight is 402 g/mol. The van der Waals surface area contributed by atoms with E-state index >= 15 is 0 Å². The van der Waals surface area contributed by atoms with Crippen LogP contribution in [0.3, 0.4) is 0 Å². The summed E-state index contributed by atoms with van der Waals surface area (Å²) in [6.07, 6.45) is 1.33. The minimum Gasteiger partial charge on any atom is -0.466 e. The Hall–Kier alpha value is -2.12. The molecule has 0 aromatic carbocycles. The zero-order valence-corrected chi connectivity index (χ0v) is 17.5. The maximum atomic E-state index is 12.8. The van der Waals surface area contributed by atoms with Gasteiger partial charge in [0.25, 0.3) is 0 Å². The van der Waals surface area contributed by atoms with Gasteiger partial charge in [0.1, 0.15) is 0 Å². The summed E-state index contributed by atoms with van der Waals surface area (Å²) in [4.78, 5) is 49.7. The molecule has 8 heteroatoms. The van der Waals surface area contributed by atoms with Crippen molar-refractivity contribution in [2.45, 2.75) is 72.6 Å². The maximum absolute atomic E-state index is 12.8. The number of hydrogen-bond acceptors (Lipinski definition) is 8. The molecule has 0 aromatic heterocycles. The molecule has 0 rings (SSSR count). The molecule has 0 atom stereocenters. The standard InChI is InChI=1S/C20H34O8/c1-5-11-25-16(21)9-10-20(18(23)27-13-7-3,19(24)28-14-8-4)15-17(22)26-12-6-2/h5-15H2,1-4H3. The van der Waals surface area contributed by atoms with Gasteiger partial charge in [0.15, 0.2) is 5.41 Å². The van der Waals surface area contributed by atoms with E-state index in [4.69, 9.17) is 18.9 Å². The quantitative estimate of drug-likeness (QED) is 0.234. The van der Waals surface area contributed by atoms with E-state index in [2.05, 4.69) is 0 Å². The summed E-state index contributed by atoms with van der Waals surface area (Å²) >= 11 is 0. The van der Waals surface area contributed by atoms with Crippen LogP contribution >= 0.6 is 0 Å². The maximum Gasteiger partial charge on any atom is 0.324 e. The van der Waals surface area contributed by atoms with Crippen molar-refractivity contribution in [3.63, 3.8) is 0 Å². The first-order valence-corrected chi connectivity index (χ1v) is 10.0. The molecule has 0 radical (unpaired) electrons. The van der Waals surface area contributed by atoms with Gasteiger partial charge in [-0.25, -0.2) is 0 Å². The predicted octanol–water partition coefficient (Wildman–Crippen LogP) is 2.96. The Balaban J connectivity index is 5.60. The first-order valence-electron chi connectivity index (χ1n) is 10.0. The smallest absolute Gasteiger partial charge is 0.324 e. The SMILES string of the molecule is CCCOC(=O)CCC(CC(=O)OCCC)(C(=O)OCCC)C(=O)OCCC. The second-order valence-electron chi connectivity index (χ2n) is 6.47. The highest BCUT2D eigenvalue weighted by Crippen LogP contribution is 2.33. The Kier molecular flexibility index (Phi) is 13.8. The third-order valence-corrected chi connectivity index (χ3v) is 3.79. The molecule has 28 heavy (non-hydrogen) atoms. The fraction of sp³-hybridized carbons (Fsp3) is 0.800. The van der Waals surface area contributed by atoms with Crippen molar-refractivity contribution in [3.05, 3.63) is 0 Å². The summed E-state index contributed by atoms with van der Waals surface area (Å²) in [5.41, 5.74) is -1.93. The Morgan fingerprint density at radius 1 is 0.607 bits per heavy atom.